The predicted molar refractivity (Wildman–Crippen MR) is 55.3 cm³/mol. The first kappa shape index (κ1) is 11.9. The van der Waals surface area contributed by atoms with E-state index in [0.717, 1.165) is 19.6 Å². The molecule has 0 saturated carbocycles. The second-order valence-corrected chi connectivity index (χ2v) is 3.37. The van der Waals surface area contributed by atoms with E-state index in [1.165, 1.54) is 13.0 Å². The quantitative estimate of drug-likeness (QED) is 0.535. The second-order valence-electron chi connectivity index (χ2n) is 3.37. The molecule has 0 rings (SSSR count). The number of unbranched alkanes of at least 4 members (excludes halogenated alkanes) is 1. The first-order valence-corrected chi connectivity index (χ1v) is 4.89. The molecule has 0 aliphatic heterocycles. The van der Waals surface area contributed by atoms with Crippen molar-refractivity contribution < 1.29 is 0 Å². The average molecular weight is 171 g/mol. The van der Waals surface area contributed by atoms with Crippen LogP contribution in [0.25, 0.3) is 0 Å². The van der Waals surface area contributed by atoms with Gasteiger partial charge >= 0.3 is 0 Å². The summed E-state index contributed by atoms with van der Waals surface area (Å²) in [5.74, 6) is 0. The maximum Gasteiger partial charge on any atom is 0.00130 e. The molecular weight excluding hydrogens is 148 g/mol. The van der Waals surface area contributed by atoms with Crippen molar-refractivity contribution in [3.63, 3.8) is 0 Å². The molecule has 12 heavy (non-hydrogen) atoms. The molecule has 0 aromatic heterocycles. The molecule has 73 valence electrons. The zero-order chi connectivity index (χ0) is 9.40. The van der Waals surface area contributed by atoms with Crippen molar-refractivity contribution in [1.82, 2.24) is 9.80 Å². The fourth-order valence-corrected chi connectivity index (χ4v) is 1.11. The minimum atomic E-state index is 1.14. The Morgan fingerprint density at radius 2 is 1.67 bits per heavy atom. The highest BCUT2D eigenvalue weighted by molar-refractivity contribution is 4.70. The van der Waals surface area contributed by atoms with E-state index >= 15 is 0 Å². The van der Waals surface area contributed by atoms with E-state index in [1.807, 2.05) is 0 Å². The third-order valence-electron chi connectivity index (χ3n) is 2.06. The highest BCUT2D eigenvalue weighted by Crippen LogP contribution is 1.94. The minimum absolute atomic E-state index is 1.14. The summed E-state index contributed by atoms with van der Waals surface area (Å²) in [5.41, 5.74) is 0. The molecule has 0 unspecified atom stereocenters. The maximum atomic E-state index is 2.43. The summed E-state index contributed by atoms with van der Waals surface area (Å²) in [6.45, 7) is 9.05. The molecule has 2 nitrogen and oxygen atoms in total. The van der Waals surface area contributed by atoms with Crippen LogP contribution >= 0.6 is 0 Å². The highest BCUT2D eigenvalue weighted by Gasteiger charge is 1.98. The molecule has 0 spiro atoms. The Balaban J connectivity index is 3.17. The Labute approximate surface area is 77.5 Å². The minimum Gasteiger partial charge on any atom is -0.309 e. The van der Waals surface area contributed by atoms with E-state index < -0.39 is 0 Å². The molecule has 0 atom stereocenters. The lowest BCUT2D eigenvalue weighted by molar-refractivity contribution is 0.318. The van der Waals surface area contributed by atoms with Gasteiger partial charge in [-0.05, 0) is 46.6 Å². The molecular formula is C10H23N2. The fraction of sp³-hybridized carbons (Fsp3) is 0.900. The Morgan fingerprint density at radius 3 is 2.08 bits per heavy atom. The van der Waals surface area contributed by atoms with Gasteiger partial charge in [0.15, 0.2) is 0 Å². The predicted octanol–water partition coefficient (Wildman–Crippen LogP) is 1.48. The Bertz CT molecular complexity index is 87.8. The van der Waals surface area contributed by atoms with Crippen molar-refractivity contribution in [1.29, 1.82) is 0 Å². The topological polar surface area (TPSA) is 6.48 Å². The molecule has 0 aliphatic rings. The third-order valence-corrected chi connectivity index (χ3v) is 2.06. The van der Waals surface area contributed by atoms with Crippen LogP contribution in [0.3, 0.4) is 0 Å². The zero-order valence-electron chi connectivity index (χ0n) is 9.01. The third kappa shape index (κ3) is 6.62. The summed E-state index contributed by atoms with van der Waals surface area (Å²) in [5, 5.41) is 0. The van der Waals surface area contributed by atoms with Gasteiger partial charge in [-0.2, -0.15) is 0 Å². The van der Waals surface area contributed by atoms with E-state index in [2.05, 4.69) is 44.2 Å². The summed E-state index contributed by atoms with van der Waals surface area (Å²) >= 11 is 0. The van der Waals surface area contributed by atoms with E-state index in [1.54, 1.807) is 0 Å². The molecule has 0 saturated heterocycles. The lowest BCUT2D eigenvalue weighted by Crippen LogP contribution is -2.25. The van der Waals surface area contributed by atoms with Gasteiger partial charge in [-0.1, -0.05) is 13.8 Å². The number of nitrogens with zero attached hydrogens (tertiary/aromatic N) is 2. The molecule has 0 amide bonds. The molecule has 0 aromatic rings. The van der Waals surface area contributed by atoms with Crippen LogP contribution in [0.15, 0.2) is 0 Å². The molecule has 0 bridgehead atoms. The number of hydrogen-bond acceptors (Lipinski definition) is 2. The van der Waals surface area contributed by atoms with Crippen LogP contribution in [-0.2, 0) is 0 Å². The highest BCUT2D eigenvalue weighted by atomic mass is 15.1. The van der Waals surface area contributed by atoms with Crippen LogP contribution in [0.1, 0.15) is 20.3 Å². The van der Waals surface area contributed by atoms with Gasteiger partial charge in [-0.15, -0.1) is 0 Å². The monoisotopic (exact) mass is 171 g/mol. The van der Waals surface area contributed by atoms with Crippen molar-refractivity contribution >= 4 is 0 Å². The van der Waals surface area contributed by atoms with Crippen LogP contribution in [0.2, 0.25) is 0 Å². The first-order chi connectivity index (χ1) is 5.70. The van der Waals surface area contributed by atoms with Gasteiger partial charge in [-0.3, -0.25) is 0 Å². The van der Waals surface area contributed by atoms with Crippen LogP contribution in [0.4, 0.5) is 0 Å². The molecule has 0 aromatic carbocycles. The Morgan fingerprint density at radius 1 is 1.08 bits per heavy atom. The summed E-state index contributed by atoms with van der Waals surface area (Å²) < 4.78 is 0. The van der Waals surface area contributed by atoms with Crippen LogP contribution in [-0.4, -0.2) is 50.1 Å². The number of rotatable bonds is 7. The average Bonchev–Trinajstić information content (AvgIpc) is 2.04. The van der Waals surface area contributed by atoms with Gasteiger partial charge in [0.25, 0.3) is 0 Å². The normalized spacial score (nSPS) is 11.5. The smallest absolute Gasteiger partial charge is 0.00130 e. The zero-order valence-corrected chi connectivity index (χ0v) is 9.01. The van der Waals surface area contributed by atoms with Crippen LogP contribution < -0.4 is 0 Å². The van der Waals surface area contributed by atoms with Crippen molar-refractivity contribution in [3.8, 4) is 0 Å². The van der Waals surface area contributed by atoms with Gasteiger partial charge in [-0.25, -0.2) is 0 Å². The second kappa shape index (κ2) is 7.56. The Hall–Kier alpha value is -0.0800. The van der Waals surface area contributed by atoms with Crippen LogP contribution in [0.5, 0.6) is 0 Å². The van der Waals surface area contributed by atoms with Gasteiger partial charge in [0.2, 0.25) is 0 Å². The largest absolute Gasteiger partial charge is 0.309 e. The molecule has 1 radical (unpaired) electrons. The summed E-state index contributed by atoms with van der Waals surface area (Å²) in [7, 11) is 4.23. The fourth-order valence-electron chi connectivity index (χ4n) is 1.11. The summed E-state index contributed by atoms with van der Waals surface area (Å²) in [6, 6.07) is 0. The van der Waals surface area contributed by atoms with Gasteiger partial charge in [0.1, 0.15) is 0 Å². The maximum absolute atomic E-state index is 2.43. The van der Waals surface area contributed by atoms with Gasteiger partial charge in [0.05, 0.1) is 0 Å². The number of hydrogen-bond donors (Lipinski definition) is 0. The SMILES string of the molecule is CCN(CC)C[CH]CCN(C)C. The van der Waals surface area contributed by atoms with Crippen LogP contribution in [0, 0.1) is 6.42 Å². The molecule has 2 heteroatoms. The standard InChI is InChI=1S/C10H23N2/c1-5-12(6-2)10-8-7-9-11(3)4/h8H,5-7,9-10H2,1-4H3. The van der Waals surface area contributed by atoms with Crippen molar-refractivity contribution in [2.75, 3.05) is 40.3 Å². The lowest BCUT2D eigenvalue weighted by Gasteiger charge is -2.18. The van der Waals surface area contributed by atoms with E-state index in [4.69, 9.17) is 0 Å². The van der Waals surface area contributed by atoms with E-state index in [0.29, 0.717) is 0 Å². The van der Waals surface area contributed by atoms with Crippen molar-refractivity contribution in [3.05, 3.63) is 6.42 Å². The molecule has 0 N–H and O–H groups in total. The Kier molecular flexibility index (Phi) is 7.51. The molecule has 0 aliphatic carbocycles. The van der Waals surface area contributed by atoms with Gasteiger partial charge in [0, 0.05) is 6.54 Å². The summed E-state index contributed by atoms with van der Waals surface area (Å²) in [6.07, 6.45) is 3.57. The summed E-state index contributed by atoms with van der Waals surface area (Å²) in [4.78, 5) is 4.65. The van der Waals surface area contributed by atoms with E-state index in [-0.39, 0.29) is 0 Å². The molecule has 0 fully saturated rings. The first-order valence-electron chi connectivity index (χ1n) is 4.89. The van der Waals surface area contributed by atoms with Crippen molar-refractivity contribution in [2.24, 2.45) is 0 Å². The molecule has 0 heterocycles. The van der Waals surface area contributed by atoms with E-state index in [9.17, 15) is 0 Å². The van der Waals surface area contributed by atoms with Crippen molar-refractivity contribution in [2.45, 2.75) is 20.3 Å². The lowest BCUT2D eigenvalue weighted by atomic mass is 10.3. The van der Waals surface area contributed by atoms with Gasteiger partial charge < -0.3 is 9.80 Å².